The topological polar surface area (TPSA) is 16.1 Å². The molecule has 0 unspecified atom stereocenters. The van der Waals surface area contributed by atoms with E-state index in [0.29, 0.717) is 5.54 Å². The fourth-order valence-electron chi connectivity index (χ4n) is 3.51. The summed E-state index contributed by atoms with van der Waals surface area (Å²) in [5.74, 6) is 1.76. The van der Waals surface area contributed by atoms with E-state index in [1.165, 1.54) is 31.2 Å². The molecular formula is C17H28N2. The summed E-state index contributed by atoms with van der Waals surface area (Å²) in [5.41, 5.74) is 1.78. The van der Waals surface area contributed by atoms with E-state index in [0.717, 1.165) is 18.3 Å². The molecule has 0 radical (unpaired) electrons. The molecule has 1 aromatic rings. The molecule has 19 heavy (non-hydrogen) atoms. The zero-order valence-corrected chi connectivity index (χ0v) is 12.9. The summed E-state index contributed by atoms with van der Waals surface area (Å²) in [5, 5.41) is 0. The molecule has 0 saturated heterocycles. The molecule has 1 saturated carbocycles. The molecule has 1 fully saturated rings. The van der Waals surface area contributed by atoms with E-state index in [9.17, 15) is 0 Å². The molecule has 0 amide bonds. The standard InChI is InChI=1S/C17H28N2/c1-14(2)16-5-9-17(10-6-16,19(3)4)13-15-7-11-18-12-8-15/h7-8,11-12,14,16H,5-6,9-10,13H2,1-4H3. The number of pyridine rings is 1. The molecule has 2 rings (SSSR count). The molecule has 0 atom stereocenters. The molecule has 0 aromatic carbocycles. The lowest BCUT2D eigenvalue weighted by molar-refractivity contribution is 0.0683. The summed E-state index contributed by atoms with van der Waals surface area (Å²) < 4.78 is 0. The minimum absolute atomic E-state index is 0.354. The first-order valence-electron chi connectivity index (χ1n) is 7.60. The van der Waals surface area contributed by atoms with Gasteiger partial charge in [-0.15, -0.1) is 0 Å². The first-order valence-corrected chi connectivity index (χ1v) is 7.60. The molecule has 1 heterocycles. The normalized spacial score (nSPS) is 28.0. The highest BCUT2D eigenvalue weighted by molar-refractivity contribution is 5.15. The predicted molar refractivity (Wildman–Crippen MR) is 81.2 cm³/mol. The third kappa shape index (κ3) is 3.36. The second kappa shape index (κ2) is 6.04. The van der Waals surface area contributed by atoms with Crippen molar-refractivity contribution in [3.05, 3.63) is 30.1 Å². The lowest BCUT2D eigenvalue weighted by atomic mass is 9.70. The number of hydrogen-bond acceptors (Lipinski definition) is 2. The van der Waals surface area contributed by atoms with Gasteiger partial charge in [-0.1, -0.05) is 13.8 Å². The highest BCUT2D eigenvalue weighted by atomic mass is 15.1. The van der Waals surface area contributed by atoms with Crippen molar-refractivity contribution < 1.29 is 0 Å². The highest BCUT2D eigenvalue weighted by Gasteiger charge is 2.37. The monoisotopic (exact) mass is 260 g/mol. The van der Waals surface area contributed by atoms with E-state index in [1.807, 2.05) is 12.4 Å². The number of nitrogens with zero attached hydrogens (tertiary/aromatic N) is 2. The van der Waals surface area contributed by atoms with Crippen LogP contribution in [0.4, 0.5) is 0 Å². The van der Waals surface area contributed by atoms with E-state index in [4.69, 9.17) is 0 Å². The van der Waals surface area contributed by atoms with Gasteiger partial charge < -0.3 is 4.90 Å². The molecule has 0 N–H and O–H groups in total. The van der Waals surface area contributed by atoms with E-state index in [-0.39, 0.29) is 0 Å². The van der Waals surface area contributed by atoms with Crippen LogP contribution in [0.15, 0.2) is 24.5 Å². The van der Waals surface area contributed by atoms with Crippen LogP contribution < -0.4 is 0 Å². The predicted octanol–water partition coefficient (Wildman–Crippen LogP) is 3.77. The van der Waals surface area contributed by atoms with Crippen LogP contribution in [0.25, 0.3) is 0 Å². The molecule has 1 aromatic heterocycles. The van der Waals surface area contributed by atoms with Crippen LogP contribution in [0.5, 0.6) is 0 Å². The molecule has 106 valence electrons. The molecule has 0 spiro atoms. The third-order valence-electron chi connectivity index (χ3n) is 5.13. The van der Waals surface area contributed by atoms with Crippen molar-refractivity contribution in [1.29, 1.82) is 0 Å². The quantitative estimate of drug-likeness (QED) is 0.819. The van der Waals surface area contributed by atoms with Crippen LogP contribution in [-0.2, 0) is 6.42 Å². The van der Waals surface area contributed by atoms with Gasteiger partial charge in [0.1, 0.15) is 0 Å². The molecule has 2 nitrogen and oxygen atoms in total. The fraction of sp³-hybridized carbons (Fsp3) is 0.706. The van der Waals surface area contributed by atoms with Crippen LogP contribution >= 0.6 is 0 Å². The van der Waals surface area contributed by atoms with Crippen molar-refractivity contribution in [3.63, 3.8) is 0 Å². The zero-order valence-electron chi connectivity index (χ0n) is 12.9. The van der Waals surface area contributed by atoms with Crippen LogP contribution in [0.3, 0.4) is 0 Å². The van der Waals surface area contributed by atoms with Crippen molar-refractivity contribution in [2.24, 2.45) is 11.8 Å². The van der Waals surface area contributed by atoms with E-state index >= 15 is 0 Å². The van der Waals surface area contributed by atoms with Gasteiger partial charge >= 0.3 is 0 Å². The lowest BCUT2D eigenvalue weighted by Crippen LogP contribution is -2.49. The second-order valence-electron chi connectivity index (χ2n) is 6.73. The van der Waals surface area contributed by atoms with Crippen molar-refractivity contribution in [3.8, 4) is 0 Å². The molecule has 1 aliphatic carbocycles. The Morgan fingerprint density at radius 1 is 1.21 bits per heavy atom. The van der Waals surface area contributed by atoms with Crippen LogP contribution in [-0.4, -0.2) is 29.5 Å². The van der Waals surface area contributed by atoms with E-state index in [1.54, 1.807) is 0 Å². The van der Waals surface area contributed by atoms with Gasteiger partial charge in [-0.25, -0.2) is 0 Å². The van der Waals surface area contributed by atoms with Gasteiger partial charge in [0.05, 0.1) is 0 Å². The molecule has 0 bridgehead atoms. The fourth-order valence-corrected chi connectivity index (χ4v) is 3.51. The zero-order chi connectivity index (χ0) is 13.9. The van der Waals surface area contributed by atoms with Gasteiger partial charge in [-0.2, -0.15) is 0 Å². The molecule has 0 aliphatic heterocycles. The van der Waals surface area contributed by atoms with Gasteiger partial charge in [0.15, 0.2) is 0 Å². The summed E-state index contributed by atoms with van der Waals surface area (Å²) in [6, 6.07) is 4.33. The summed E-state index contributed by atoms with van der Waals surface area (Å²) in [6.07, 6.45) is 10.4. The Morgan fingerprint density at radius 2 is 1.79 bits per heavy atom. The smallest absolute Gasteiger partial charge is 0.0270 e. The van der Waals surface area contributed by atoms with Gasteiger partial charge in [0, 0.05) is 17.9 Å². The van der Waals surface area contributed by atoms with Crippen LogP contribution in [0.2, 0.25) is 0 Å². The third-order valence-corrected chi connectivity index (χ3v) is 5.13. The maximum atomic E-state index is 4.13. The Bertz CT molecular complexity index is 376. The second-order valence-corrected chi connectivity index (χ2v) is 6.73. The van der Waals surface area contributed by atoms with Gasteiger partial charge in [-0.05, 0) is 75.7 Å². The van der Waals surface area contributed by atoms with Crippen molar-refractivity contribution in [1.82, 2.24) is 9.88 Å². The SMILES string of the molecule is CC(C)C1CCC(Cc2ccncc2)(N(C)C)CC1. The Balaban J connectivity index is 2.08. The average molecular weight is 260 g/mol. The summed E-state index contributed by atoms with van der Waals surface area (Å²) in [4.78, 5) is 6.59. The van der Waals surface area contributed by atoms with Crippen LogP contribution in [0, 0.1) is 11.8 Å². The number of aromatic nitrogens is 1. The van der Waals surface area contributed by atoms with Gasteiger partial charge in [0.25, 0.3) is 0 Å². The average Bonchev–Trinajstić information content (AvgIpc) is 2.40. The molecule has 2 heteroatoms. The Kier molecular flexibility index (Phi) is 4.62. The maximum Gasteiger partial charge on any atom is 0.0270 e. The first kappa shape index (κ1) is 14.5. The summed E-state index contributed by atoms with van der Waals surface area (Å²) in [7, 11) is 4.49. The minimum atomic E-state index is 0.354. The van der Waals surface area contributed by atoms with Crippen LogP contribution in [0.1, 0.15) is 45.1 Å². The van der Waals surface area contributed by atoms with Crippen molar-refractivity contribution >= 4 is 0 Å². The minimum Gasteiger partial charge on any atom is -0.303 e. The van der Waals surface area contributed by atoms with E-state index in [2.05, 4.69) is 50.0 Å². The number of likely N-dealkylation sites (N-methyl/N-ethyl adjacent to an activating group) is 1. The summed E-state index contributed by atoms with van der Waals surface area (Å²) >= 11 is 0. The largest absolute Gasteiger partial charge is 0.303 e. The molecule has 1 aliphatic rings. The van der Waals surface area contributed by atoms with Crippen molar-refractivity contribution in [2.45, 2.75) is 51.5 Å². The highest BCUT2D eigenvalue weighted by Crippen LogP contribution is 2.40. The molecular weight excluding hydrogens is 232 g/mol. The maximum absolute atomic E-state index is 4.13. The Morgan fingerprint density at radius 3 is 2.26 bits per heavy atom. The van der Waals surface area contributed by atoms with E-state index < -0.39 is 0 Å². The number of rotatable bonds is 4. The first-order chi connectivity index (χ1) is 9.03. The Labute approximate surface area is 118 Å². The lowest BCUT2D eigenvalue weighted by Gasteiger charge is -2.46. The number of hydrogen-bond donors (Lipinski definition) is 0. The van der Waals surface area contributed by atoms with Gasteiger partial charge in [-0.3, -0.25) is 4.98 Å². The summed E-state index contributed by atoms with van der Waals surface area (Å²) in [6.45, 7) is 4.74. The van der Waals surface area contributed by atoms with Crippen molar-refractivity contribution in [2.75, 3.05) is 14.1 Å². The van der Waals surface area contributed by atoms with Gasteiger partial charge in [0.2, 0.25) is 0 Å². The Hall–Kier alpha value is -0.890.